The molecule has 5 rings (SSSR count). The predicted octanol–water partition coefficient (Wildman–Crippen LogP) is 7.22. The highest BCUT2D eigenvalue weighted by molar-refractivity contribution is 7.92. The monoisotopic (exact) mass is 834 g/mol. The second kappa shape index (κ2) is 17.6. The van der Waals surface area contributed by atoms with Crippen LogP contribution in [0.4, 0.5) is 11.4 Å². The average Bonchev–Trinajstić information content (AvgIpc) is 3.14. The number of rotatable bonds is 16. The van der Waals surface area contributed by atoms with Crippen LogP contribution in [0, 0.1) is 6.92 Å². The first-order valence-corrected chi connectivity index (χ1v) is 21.5. The number of anilines is 2. The quantitative estimate of drug-likeness (QED) is 0.0440. The maximum atomic E-state index is 13.8. The Morgan fingerprint density at radius 3 is 2.17 bits per heavy atom. The molecular formula is C41H47N4O11PS. The average molecular weight is 835 g/mol. The van der Waals surface area contributed by atoms with Crippen LogP contribution in [-0.2, 0) is 30.9 Å². The molecule has 58 heavy (non-hydrogen) atoms. The molecule has 17 heteroatoms. The lowest BCUT2D eigenvalue weighted by molar-refractivity contribution is 0.0960. The topological polar surface area (TPSA) is 213 Å². The van der Waals surface area contributed by atoms with Crippen molar-refractivity contribution in [3.63, 3.8) is 0 Å². The van der Waals surface area contributed by atoms with Crippen molar-refractivity contribution < 1.29 is 51.1 Å². The van der Waals surface area contributed by atoms with E-state index in [2.05, 4.69) is 19.5 Å². The first-order valence-electron chi connectivity index (χ1n) is 18.1. The van der Waals surface area contributed by atoms with Crippen LogP contribution < -0.4 is 24.2 Å². The van der Waals surface area contributed by atoms with Crippen molar-refractivity contribution in [1.82, 2.24) is 9.97 Å². The first kappa shape index (κ1) is 43.7. The summed E-state index contributed by atoms with van der Waals surface area (Å²) in [6.45, 7) is 7.60. The van der Waals surface area contributed by atoms with Crippen molar-refractivity contribution in [2.45, 2.75) is 52.4 Å². The fourth-order valence-corrected chi connectivity index (χ4v) is 7.23. The van der Waals surface area contributed by atoms with Crippen molar-refractivity contribution >= 4 is 51.8 Å². The molecule has 15 nitrogen and oxygen atoms in total. The minimum absolute atomic E-state index is 0.0478. The second-order valence-electron chi connectivity index (χ2n) is 14.7. The number of sulfonamides is 1. The van der Waals surface area contributed by atoms with E-state index in [1.165, 1.54) is 21.3 Å². The van der Waals surface area contributed by atoms with Gasteiger partial charge in [-0.2, -0.15) is 0 Å². The normalized spacial score (nSPS) is 12.0. The predicted molar refractivity (Wildman–Crippen MR) is 222 cm³/mol. The molecule has 5 aromatic rings. The molecule has 308 valence electrons. The van der Waals surface area contributed by atoms with Gasteiger partial charge in [0.25, 0.3) is 5.91 Å². The molecule has 0 radical (unpaired) electrons. The summed E-state index contributed by atoms with van der Waals surface area (Å²) in [5, 5.41) is 3.70. The summed E-state index contributed by atoms with van der Waals surface area (Å²) in [4.78, 5) is 54.0. The van der Waals surface area contributed by atoms with Crippen LogP contribution in [0.3, 0.4) is 0 Å². The lowest BCUT2D eigenvalue weighted by Crippen LogP contribution is -2.18. The number of ether oxygens (including phenoxy) is 3. The Morgan fingerprint density at radius 1 is 0.897 bits per heavy atom. The smallest absolute Gasteiger partial charge is 0.469 e. The van der Waals surface area contributed by atoms with Crippen LogP contribution in [0.25, 0.3) is 22.0 Å². The number of phosphoric acid groups is 1. The summed E-state index contributed by atoms with van der Waals surface area (Å²) in [7, 11) is -4.01. The number of fused-ring (bicyclic) bond motifs is 1. The van der Waals surface area contributed by atoms with Crippen LogP contribution in [0.5, 0.6) is 17.2 Å². The van der Waals surface area contributed by atoms with Gasteiger partial charge in [0.1, 0.15) is 22.9 Å². The summed E-state index contributed by atoms with van der Waals surface area (Å²) in [5.41, 5.74) is 5.53. The molecule has 1 amide bonds. The third-order valence-electron chi connectivity index (χ3n) is 9.16. The lowest BCUT2D eigenvalue weighted by Gasteiger charge is -2.24. The molecule has 1 aromatic heterocycles. The van der Waals surface area contributed by atoms with Crippen LogP contribution in [0.15, 0.2) is 66.9 Å². The van der Waals surface area contributed by atoms with Gasteiger partial charge in [-0.3, -0.25) is 18.8 Å². The Labute approximate surface area is 337 Å². The Hall–Kier alpha value is -5.38. The summed E-state index contributed by atoms with van der Waals surface area (Å²) in [5.74, 6) is 0.492. The molecule has 0 aliphatic heterocycles. The van der Waals surface area contributed by atoms with Gasteiger partial charge >= 0.3 is 7.82 Å². The van der Waals surface area contributed by atoms with E-state index in [0.717, 1.165) is 39.5 Å². The highest BCUT2D eigenvalue weighted by Gasteiger charge is 2.24. The molecule has 0 aliphatic carbocycles. The van der Waals surface area contributed by atoms with Crippen molar-refractivity contribution in [2.75, 3.05) is 44.2 Å². The number of methoxy groups -OCH3 is 3. The number of carbonyl (C=O) groups excluding carboxylic acids is 2. The number of aryl methyl sites for hydroxylation is 1. The second-order valence-corrected chi connectivity index (χ2v) is 17.7. The zero-order chi connectivity index (χ0) is 42.6. The van der Waals surface area contributed by atoms with Gasteiger partial charge < -0.3 is 29.3 Å². The number of Topliss-reactive ketones (excluding diaryl/α,β-unsaturated/α-hetero) is 1. The molecule has 0 fully saturated rings. The maximum Gasteiger partial charge on any atom is 0.469 e. The van der Waals surface area contributed by atoms with E-state index in [0.29, 0.717) is 29.0 Å². The van der Waals surface area contributed by atoms with E-state index in [-0.39, 0.29) is 59.1 Å². The number of hydrogen-bond donors (Lipinski definition) is 4. The van der Waals surface area contributed by atoms with Crippen molar-refractivity contribution in [1.29, 1.82) is 0 Å². The molecule has 4 N–H and O–H groups in total. The van der Waals surface area contributed by atoms with Crippen molar-refractivity contribution in [2.24, 2.45) is 0 Å². The summed E-state index contributed by atoms with van der Waals surface area (Å²) in [6.07, 6.45) is 3.10. The number of benzene rings is 4. The molecule has 0 saturated carbocycles. The number of carbonyl (C=O) groups is 2. The molecular weight excluding hydrogens is 788 g/mol. The van der Waals surface area contributed by atoms with Gasteiger partial charge in [-0.15, -0.1) is 0 Å². The Kier molecular flexibility index (Phi) is 13.3. The molecule has 0 atom stereocenters. The van der Waals surface area contributed by atoms with E-state index in [4.69, 9.17) is 29.0 Å². The van der Waals surface area contributed by atoms with Gasteiger partial charge in [0.2, 0.25) is 10.0 Å². The molecule has 0 saturated heterocycles. The Bertz CT molecular complexity index is 2510. The number of ketones is 1. The van der Waals surface area contributed by atoms with E-state index in [1.54, 1.807) is 42.6 Å². The minimum Gasteiger partial charge on any atom is -0.496 e. The highest BCUT2D eigenvalue weighted by atomic mass is 32.2. The summed E-state index contributed by atoms with van der Waals surface area (Å²) < 4.78 is 58.9. The van der Waals surface area contributed by atoms with Gasteiger partial charge in [-0.25, -0.2) is 23.0 Å². The zero-order valence-corrected chi connectivity index (χ0v) is 35.2. The standard InChI is InChI=1S/C41H47N4O11PS/c1-24-11-12-27(40(47)44-32-21-29(41(2,3)4)22-33(39(32)55-7)45-58(8,51)52)20-30(24)26-13-14-31-28(19-26)23-42-37(43-31)18-25-16-35(53-5)38(36(17-25)54-6)34(46)10-9-15-56-57(48,49)50/h11-14,16-17,19-23,45H,9-10,15,18H2,1-8H3,(H,44,47)(H2,48,49,50). The van der Waals surface area contributed by atoms with Gasteiger partial charge in [-0.05, 0) is 95.1 Å². The van der Waals surface area contributed by atoms with Gasteiger partial charge in [0.05, 0.1) is 51.1 Å². The molecule has 0 bridgehead atoms. The van der Waals surface area contributed by atoms with Crippen molar-refractivity contribution in [3.05, 3.63) is 101 Å². The Balaban J connectivity index is 1.38. The largest absolute Gasteiger partial charge is 0.496 e. The highest BCUT2D eigenvalue weighted by Crippen LogP contribution is 2.40. The van der Waals surface area contributed by atoms with E-state index in [1.807, 2.05) is 52.0 Å². The minimum atomic E-state index is -4.63. The van der Waals surface area contributed by atoms with Gasteiger partial charge in [0.15, 0.2) is 11.5 Å². The van der Waals surface area contributed by atoms with E-state index >= 15 is 0 Å². The first-order chi connectivity index (χ1) is 27.2. The van der Waals surface area contributed by atoms with Gasteiger partial charge in [0, 0.05) is 30.0 Å². The zero-order valence-electron chi connectivity index (χ0n) is 33.5. The van der Waals surface area contributed by atoms with Crippen LogP contribution in [0.2, 0.25) is 0 Å². The fourth-order valence-electron chi connectivity index (χ4n) is 6.31. The SMILES string of the molecule is COc1cc(Cc2ncc3cc(-c4cc(C(=O)Nc5cc(C(C)(C)C)cc(NS(C)(=O)=O)c5OC)ccc4C)ccc3n2)cc(OC)c1C(=O)CCCOP(=O)(O)O. The van der Waals surface area contributed by atoms with Crippen LogP contribution in [0.1, 0.15) is 76.8 Å². The third-order valence-corrected chi connectivity index (χ3v) is 10.3. The number of phosphoric ester groups is 1. The van der Waals surface area contributed by atoms with E-state index < -0.39 is 23.8 Å². The number of nitrogens with zero attached hydrogens (tertiary/aromatic N) is 2. The van der Waals surface area contributed by atoms with Crippen molar-refractivity contribution in [3.8, 4) is 28.4 Å². The molecule has 4 aromatic carbocycles. The van der Waals surface area contributed by atoms with Gasteiger partial charge in [-0.1, -0.05) is 32.9 Å². The number of amides is 1. The molecule has 1 heterocycles. The Morgan fingerprint density at radius 2 is 1.57 bits per heavy atom. The fraction of sp³-hybridized carbons (Fsp3) is 0.317. The summed E-state index contributed by atoms with van der Waals surface area (Å²) in [6, 6.07) is 18.0. The third kappa shape index (κ3) is 11.0. The maximum absolute atomic E-state index is 13.8. The number of hydrogen-bond acceptors (Lipinski definition) is 11. The lowest BCUT2D eigenvalue weighted by atomic mass is 9.86. The number of nitrogens with one attached hydrogen (secondary N) is 2. The van der Waals surface area contributed by atoms with E-state index in [9.17, 15) is 22.6 Å². The van der Waals surface area contributed by atoms with Crippen LogP contribution in [-0.4, -0.2) is 74.1 Å². The number of aromatic nitrogens is 2. The molecule has 0 unspecified atom stereocenters. The van der Waals surface area contributed by atoms with Crippen LogP contribution >= 0.6 is 7.82 Å². The molecule has 0 aliphatic rings. The molecule has 0 spiro atoms. The summed E-state index contributed by atoms with van der Waals surface area (Å²) >= 11 is 0.